The average molecular weight is 426 g/mol. The number of halogens is 2. The van der Waals surface area contributed by atoms with Crippen LogP contribution in [-0.2, 0) is 14.8 Å². The maximum absolute atomic E-state index is 14.5. The zero-order valence-corrected chi connectivity index (χ0v) is 16.9. The van der Waals surface area contributed by atoms with E-state index in [0.29, 0.717) is 37.5 Å². The summed E-state index contributed by atoms with van der Waals surface area (Å²) in [6.45, 7) is 2.83. The summed E-state index contributed by atoms with van der Waals surface area (Å²) in [7, 11) is -3.35. The van der Waals surface area contributed by atoms with Gasteiger partial charge in [-0.1, -0.05) is 6.92 Å². The van der Waals surface area contributed by atoms with Crippen LogP contribution in [0.4, 0.5) is 8.78 Å². The van der Waals surface area contributed by atoms with Gasteiger partial charge in [0.25, 0.3) is 0 Å². The van der Waals surface area contributed by atoms with E-state index >= 15 is 0 Å². The zero-order chi connectivity index (χ0) is 20.9. The van der Waals surface area contributed by atoms with Crippen molar-refractivity contribution in [3.05, 3.63) is 48.2 Å². The minimum atomic E-state index is -3.35. The Kier molecular flexibility index (Phi) is 7.15. The normalized spacial score (nSPS) is 19.8. The van der Waals surface area contributed by atoms with Crippen molar-refractivity contribution < 1.29 is 26.7 Å². The van der Waals surface area contributed by atoms with Crippen molar-refractivity contribution in [2.45, 2.75) is 25.8 Å². The van der Waals surface area contributed by atoms with Crippen LogP contribution in [0.3, 0.4) is 0 Å². The molecule has 29 heavy (non-hydrogen) atoms. The summed E-state index contributed by atoms with van der Waals surface area (Å²) in [5.41, 5.74) is 0.560. The summed E-state index contributed by atoms with van der Waals surface area (Å²) in [6, 6.07) is 6.69. The summed E-state index contributed by atoms with van der Waals surface area (Å²) in [4.78, 5) is 3.88. The number of hydrogen-bond donors (Lipinski definition) is 1. The number of rotatable bonds is 8. The minimum Gasteiger partial charge on any atom is -0.493 e. The van der Waals surface area contributed by atoms with Crippen molar-refractivity contribution >= 4 is 10.0 Å². The van der Waals surface area contributed by atoms with Crippen LogP contribution in [0, 0.1) is 17.6 Å². The van der Waals surface area contributed by atoms with Gasteiger partial charge in [0.15, 0.2) is 0 Å². The Morgan fingerprint density at radius 1 is 1.28 bits per heavy atom. The van der Waals surface area contributed by atoms with Gasteiger partial charge in [-0.15, -0.1) is 0 Å². The van der Waals surface area contributed by atoms with Crippen LogP contribution in [0.1, 0.15) is 19.8 Å². The number of nitrogens with one attached hydrogen (secondary N) is 1. The molecule has 1 N–H and O–H groups in total. The van der Waals surface area contributed by atoms with Crippen LogP contribution in [0.2, 0.25) is 0 Å². The number of aromatic nitrogens is 1. The third-order valence-electron chi connectivity index (χ3n) is 4.69. The maximum atomic E-state index is 14.5. The monoisotopic (exact) mass is 426 g/mol. The second-order valence-electron chi connectivity index (χ2n) is 6.98. The molecule has 0 bridgehead atoms. The summed E-state index contributed by atoms with van der Waals surface area (Å²) in [5.74, 6) is -0.831. The zero-order valence-electron chi connectivity index (χ0n) is 16.1. The van der Waals surface area contributed by atoms with Crippen LogP contribution in [-0.4, -0.2) is 45.0 Å². The first-order valence-corrected chi connectivity index (χ1v) is 11.1. The summed E-state index contributed by atoms with van der Waals surface area (Å²) in [6.07, 6.45) is 2.12. The predicted octanol–water partition coefficient (Wildman–Crippen LogP) is 3.14. The van der Waals surface area contributed by atoms with E-state index in [2.05, 4.69) is 9.71 Å². The molecule has 9 heteroatoms. The fraction of sp³-hybridized carbons (Fsp3) is 0.450. The number of benzene rings is 1. The van der Waals surface area contributed by atoms with Crippen LogP contribution in [0.5, 0.6) is 5.75 Å². The SMILES string of the molecule is CCCS(=O)(=O)N[C@@H]1CCOC[C@H]1COc1ccc(-c2ccc(F)cn2)c(F)c1. The largest absolute Gasteiger partial charge is 0.493 e. The van der Waals surface area contributed by atoms with E-state index in [1.54, 1.807) is 6.07 Å². The second-order valence-corrected chi connectivity index (χ2v) is 8.85. The molecule has 0 amide bonds. The number of nitrogens with zero attached hydrogens (tertiary/aromatic N) is 1. The third kappa shape index (κ3) is 5.94. The van der Waals surface area contributed by atoms with Crippen molar-refractivity contribution in [2.75, 3.05) is 25.6 Å². The first kappa shape index (κ1) is 21.6. The summed E-state index contributed by atoms with van der Waals surface area (Å²) >= 11 is 0. The van der Waals surface area contributed by atoms with Gasteiger partial charge in [-0.25, -0.2) is 21.9 Å². The van der Waals surface area contributed by atoms with Crippen LogP contribution in [0.25, 0.3) is 11.3 Å². The molecule has 1 saturated heterocycles. The van der Waals surface area contributed by atoms with Crippen LogP contribution >= 0.6 is 0 Å². The van der Waals surface area contributed by atoms with Gasteiger partial charge in [-0.3, -0.25) is 4.98 Å². The van der Waals surface area contributed by atoms with E-state index in [-0.39, 0.29) is 29.9 Å². The highest BCUT2D eigenvalue weighted by Crippen LogP contribution is 2.26. The molecule has 6 nitrogen and oxygen atoms in total. The number of pyridine rings is 1. The average Bonchev–Trinajstić information content (AvgIpc) is 2.68. The molecular weight excluding hydrogens is 402 g/mol. The van der Waals surface area contributed by atoms with Crippen molar-refractivity contribution in [3.63, 3.8) is 0 Å². The topological polar surface area (TPSA) is 77.5 Å². The number of sulfonamides is 1. The highest BCUT2D eigenvalue weighted by atomic mass is 32.2. The Bertz CT molecular complexity index is 923. The molecule has 1 aromatic heterocycles. The van der Waals surface area contributed by atoms with Crippen LogP contribution < -0.4 is 9.46 Å². The van der Waals surface area contributed by atoms with Gasteiger partial charge in [0, 0.05) is 30.2 Å². The van der Waals surface area contributed by atoms with Gasteiger partial charge in [-0.05, 0) is 37.1 Å². The Morgan fingerprint density at radius 3 is 2.79 bits per heavy atom. The van der Waals surface area contributed by atoms with Gasteiger partial charge in [-0.2, -0.15) is 0 Å². The highest BCUT2D eigenvalue weighted by molar-refractivity contribution is 7.89. The quantitative estimate of drug-likeness (QED) is 0.702. The van der Waals surface area contributed by atoms with E-state index in [1.807, 2.05) is 6.92 Å². The molecule has 1 aliphatic heterocycles. The van der Waals surface area contributed by atoms with E-state index < -0.39 is 21.7 Å². The lowest BCUT2D eigenvalue weighted by Gasteiger charge is -2.31. The Morgan fingerprint density at radius 2 is 2.10 bits per heavy atom. The summed E-state index contributed by atoms with van der Waals surface area (Å²) < 4.78 is 65.5. The lowest BCUT2D eigenvalue weighted by Crippen LogP contribution is -2.48. The molecule has 1 fully saturated rings. The standard InChI is InChI=1S/C20H24F2N2O4S/c1-2-9-29(25,26)24-19-7-8-27-12-14(19)13-28-16-4-5-17(18(22)10-16)20-6-3-15(21)11-23-20/h3-6,10-11,14,19,24H,2,7-9,12-13H2,1H3/t14-,19+/m0/s1. The van der Waals surface area contributed by atoms with E-state index in [0.717, 1.165) is 6.20 Å². The molecule has 158 valence electrons. The maximum Gasteiger partial charge on any atom is 0.211 e. The van der Waals surface area contributed by atoms with Gasteiger partial charge >= 0.3 is 0 Å². The fourth-order valence-corrected chi connectivity index (χ4v) is 4.63. The van der Waals surface area contributed by atoms with Crippen molar-refractivity contribution in [1.29, 1.82) is 0 Å². The van der Waals surface area contributed by atoms with Gasteiger partial charge in [0.2, 0.25) is 10.0 Å². The molecule has 0 saturated carbocycles. The predicted molar refractivity (Wildman–Crippen MR) is 105 cm³/mol. The molecule has 3 rings (SSSR count). The first-order valence-electron chi connectivity index (χ1n) is 9.50. The molecule has 2 heterocycles. The van der Waals surface area contributed by atoms with Gasteiger partial charge < -0.3 is 9.47 Å². The lowest BCUT2D eigenvalue weighted by molar-refractivity contribution is 0.0186. The third-order valence-corrected chi connectivity index (χ3v) is 6.29. The van der Waals surface area contributed by atoms with Crippen molar-refractivity contribution in [1.82, 2.24) is 9.71 Å². The van der Waals surface area contributed by atoms with Gasteiger partial charge in [0.1, 0.15) is 17.4 Å². The summed E-state index contributed by atoms with van der Waals surface area (Å²) in [5, 5.41) is 0. The molecule has 0 unspecified atom stereocenters. The molecule has 0 spiro atoms. The number of ether oxygens (including phenoxy) is 2. The smallest absolute Gasteiger partial charge is 0.211 e. The van der Waals surface area contributed by atoms with Crippen molar-refractivity contribution in [3.8, 4) is 17.0 Å². The lowest BCUT2D eigenvalue weighted by atomic mass is 9.98. The van der Waals surface area contributed by atoms with Crippen molar-refractivity contribution in [2.24, 2.45) is 5.92 Å². The fourth-order valence-electron chi connectivity index (χ4n) is 3.21. The highest BCUT2D eigenvalue weighted by Gasteiger charge is 2.29. The Balaban J connectivity index is 1.65. The molecular formula is C20H24F2N2O4S. The van der Waals surface area contributed by atoms with E-state index in [9.17, 15) is 17.2 Å². The molecule has 0 radical (unpaired) electrons. The van der Waals surface area contributed by atoms with E-state index in [1.165, 1.54) is 24.3 Å². The molecule has 2 aromatic rings. The molecule has 1 aliphatic rings. The van der Waals surface area contributed by atoms with E-state index in [4.69, 9.17) is 9.47 Å². The molecule has 2 atom stereocenters. The number of hydrogen-bond acceptors (Lipinski definition) is 5. The van der Waals surface area contributed by atoms with Crippen LogP contribution in [0.15, 0.2) is 36.5 Å². The second kappa shape index (κ2) is 9.60. The first-order chi connectivity index (χ1) is 13.9. The van der Waals surface area contributed by atoms with Gasteiger partial charge in [0.05, 0.1) is 30.9 Å². The minimum absolute atomic E-state index is 0.0715. The molecule has 0 aliphatic carbocycles. The Hall–Kier alpha value is -2.10. The molecule has 1 aromatic carbocycles. The Labute approximate surface area is 169 Å².